The van der Waals surface area contributed by atoms with Crippen molar-refractivity contribution in [2.75, 3.05) is 7.11 Å². The summed E-state index contributed by atoms with van der Waals surface area (Å²) in [5.41, 5.74) is 2.90. The highest BCUT2D eigenvalue weighted by Crippen LogP contribution is 2.28. The van der Waals surface area contributed by atoms with Gasteiger partial charge in [0.15, 0.2) is 11.6 Å². The Morgan fingerprint density at radius 1 is 1.35 bits per heavy atom. The molecule has 4 nitrogen and oxygen atoms in total. The number of benzene rings is 1. The van der Waals surface area contributed by atoms with E-state index in [2.05, 4.69) is 5.43 Å². The molecule has 0 amide bonds. The van der Waals surface area contributed by atoms with Gasteiger partial charge in [0.1, 0.15) is 11.8 Å². The van der Waals surface area contributed by atoms with Crippen LogP contribution in [0.4, 0.5) is 4.39 Å². The molecule has 0 bridgehead atoms. The van der Waals surface area contributed by atoms with Crippen LogP contribution < -0.4 is 16.0 Å². The van der Waals surface area contributed by atoms with E-state index >= 15 is 0 Å². The van der Waals surface area contributed by atoms with Gasteiger partial charge in [0.05, 0.1) is 13.4 Å². The third-order valence-corrected chi connectivity index (χ3v) is 2.52. The van der Waals surface area contributed by atoms with E-state index in [1.165, 1.54) is 13.4 Å². The predicted octanol–water partition coefficient (Wildman–Crippen LogP) is 1.98. The summed E-state index contributed by atoms with van der Waals surface area (Å²) in [4.78, 5) is 0. The maximum absolute atomic E-state index is 14.0. The molecule has 3 N–H and O–H groups in total. The number of ether oxygens (including phenoxy) is 1. The number of hydrazine groups is 1. The first kappa shape index (κ1) is 11.6. The smallest absolute Gasteiger partial charge is 0.170 e. The van der Waals surface area contributed by atoms with Crippen molar-refractivity contribution >= 4 is 0 Å². The van der Waals surface area contributed by atoms with Crippen LogP contribution in [0, 0.1) is 5.82 Å². The summed E-state index contributed by atoms with van der Waals surface area (Å²) < 4.78 is 24.2. The molecule has 0 saturated heterocycles. The fourth-order valence-corrected chi connectivity index (χ4v) is 1.69. The average molecular weight is 236 g/mol. The summed E-state index contributed by atoms with van der Waals surface area (Å²) >= 11 is 0. The molecule has 0 aliphatic heterocycles. The van der Waals surface area contributed by atoms with Crippen molar-refractivity contribution in [2.45, 2.75) is 6.04 Å². The van der Waals surface area contributed by atoms with Gasteiger partial charge >= 0.3 is 0 Å². The van der Waals surface area contributed by atoms with E-state index in [4.69, 9.17) is 15.0 Å². The molecule has 1 unspecified atom stereocenters. The van der Waals surface area contributed by atoms with Crippen molar-refractivity contribution in [3.8, 4) is 5.75 Å². The lowest BCUT2D eigenvalue weighted by molar-refractivity contribution is 0.377. The highest BCUT2D eigenvalue weighted by Gasteiger charge is 2.20. The fraction of sp³-hybridized carbons (Fsp3) is 0.167. The maximum atomic E-state index is 14.0. The quantitative estimate of drug-likeness (QED) is 0.629. The number of hydrogen-bond acceptors (Lipinski definition) is 4. The zero-order valence-electron chi connectivity index (χ0n) is 9.31. The van der Waals surface area contributed by atoms with Crippen molar-refractivity contribution in [1.82, 2.24) is 5.43 Å². The molecule has 0 radical (unpaired) electrons. The first-order valence-corrected chi connectivity index (χ1v) is 5.10. The minimum absolute atomic E-state index is 0.175. The first-order valence-electron chi connectivity index (χ1n) is 5.10. The van der Waals surface area contributed by atoms with Crippen LogP contribution in [0.15, 0.2) is 41.0 Å². The molecule has 90 valence electrons. The Morgan fingerprint density at radius 2 is 2.18 bits per heavy atom. The largest absolute Gasteiger partial charge is 0.494 e. The molecule has 17 heavy (non-hydrogen) atoms. The topological polar surface area (TPSA) is 60.4 Å². The molecule has 0 fully saturated rings. The van der Waals surface area contributed by atoms with E-state index in [0.29, 0.717) is 11.3 Å². The van der Waals surface area contributed by atoms with Crippen LogP contribution in [0.1, 0.15) is 17.4 Å². The average Bonchev–Trinajstić information content (AvgIpc) is 2.86. The van der Waals surface area contributed by atoms with Crippen LogP contribution in [0.3, 0.4) is 0 Å². The normalized spacial score (nSPS) is 12.4. The summed E-state index contributed by atoms with van der Waals surface area (Å²) in [6.07, 6.45) is 1.51. The van der Waals surface area contributed by atoms with E-state index in [1.54, 1.807) is 30.3 Å². The van der Waals surface area contributed by atoms with Crippen LogP contribution >= 0.6 is 0 Å². The number of nitrogens with two attached hydrogens (primary N) is 1. The molecule has 0 spiro atoms. The summed E-state index contributed by atoms with van der Waals surface area (Å²) in [5.74, 6) is 5.71. The van der Waals surface area contributed by atoms with Gasteiger partial charge in [-0.15, -0.1) is 0 Å². The molecule has 0 saturated carbocycles. The second kappa shape index (κ2) is 4.99. The Kier molecular flexibility index (Phi) is 3.41. The molecular formula is C12H13FN2O2. The van der Waals surface area contributed by atoms with Gasteiger partial charge in [-0.25, -0.2) is 9.82 Å². The predicted molar refractivity (Wildman–Crippen MR) is 60.8 cm³/mol. The molecule has 0 aliphatic carbocycles. The molecule has 1 heterocycles. The molecule has 1 atom stereocenters. The maximum Gasteiger partial charge on any atom is 0.170 e. The van der Waals surface area contributed by atoms with Crippen LogP contribution in [0.5, 0.6) is 5.75 Å². The Labute approximate surface area is 98.2 Å². The minimum Gasteiger partial charge on any atom is -0.494 e. The van der Waals surface area contributed by atoms with Gasteiger partial charge in [0.25, 0.3) is 0 Å². The van der Waals surface area contributed by atoms with E-state index in [-0.39, 0.29) is 5.75 Å². The summed E-state index contributed by atoms with van der Waals surface area (Å²) in [6.45, 7) is 0. The van der Waals surface area contributed by atoms with E-state index in [9.17, 15) is 4.39 Å². The monoisotopic (exact) mass is 236 g/mol. The Bertz CT molecular complexity index is 485. The van der Waals surface area contributed by atoms with Crippen molar-refractivity contribution in [1.29, 1.82) is 0 Å². The second-order valence-corrected chi connectivity index (χ2v) is 3.48. The molecule has 1 aromatic heterocycles. The summed E-state index contributed by atoms with van der Waals surface area (Å²) in [5, 5.41) is 0. The number of furan rings is 1. The van der Waals surface area contributed by atoms with E-state index in [0.717, 1.165) is 0 Å². The highest BCUT2D eigenvalue weighted by atomic mass is 19.1. The summed E-state index contributed by atoms with van der Waals surface area (Å²) in [7, 11) is 1.42. The summed E-state index contributed by atoms with van der Waals surface area (Å²) in [6, 6.07) is 7.78. The molecule has 0 aliphatic rings. The van der Waals surface area contributed by atoms with Gasteiger partial charge in [-0.2, -0.15) is 0 Å². The van der Waals surface area contributed by atoms with Crippen LogP contribution in [0.25, 0.3) is 0 Å². The highest BCUT2D eigenvalue weighted by molar-refractivity contribution is 5.36. The van der Waals surface area contributed by atoms with Crippen LogP contribution in [0.2, 0.25) is 0 Å². The van der Waals surface area contributed by atoms with E-state index in [1.807, 2.05) is 0 Å². The van der Waals surface area contributed by atoms with E-state index < -0.39 is 11.9 Å². The van der Waals surface area contributed by atoms with Crippen LogP contribution in [-0.2, 0) is 0 Å². The van der Waals surface area contributed by atoms with Gasteiger partial charge in [0.2, 0.25) is 0 Å². The zero-order valence-corrected chi connectivity index (χ0v) is 9.31. The zero-order chi connectivity index (χ0) is 12.3. The minimum atomic E-state index is -0.542. The number of halogens is 1. The Hall–Kier alpha value is -1.85. The molecule has 5 heteroatoms. The standard InChI is InChI=1S/C12H13FN2O2/c1-16-9-5-2-4-8(11(9)13)12(15-14)10-6-3-7-17-10/h2-7,12,15H,14H2,1H3. The third-order valence-electron chi connectivity index (χ3n) is 2.52. The number of methoxy groups -OCH3 is 1. The lowest BCUT2D eigenvalue weighted by Crippen LogP contribution is -2.29. The van der Waals surface area contributed by atoms with Crippen molar-refractivity contribution in [2.24, 2.45) is 5.84 Å². The van der Waals surface area contributed by atoms with Gasteiger partial charge in [-0.05, 0) is 18.2 Å². The Balaban J connectivity index is 2.44. The lowest BCUT2D eigenvalue weighted by Gasteiger charge is -2.15. The number of nitrogens with one attached hydrogen (secondary N) is 1. The molecular weight excluding hydrogens is 223 g/mol. The Morgan fingerprint density at radius 3 is 2.76 bits per heavy atom. The third kappa shape index (κ3) is 2.15. The fourth-order valence-electron chi connectivity index (χ4n) is 1.69. The van der Waals surface area contributed by atoms with Gasteiger partial charge < -0.3 is 9.15 Å². The molecule has 2 rings (SSSR count). The second-order valence-electron chi connectivity index (χ2n) is 3.48. The first-order chi connectivity index (χ1) is 8.27. The number of rotatable bonds is 4. The number of hydrogen-bond donors (Lipinski definition) is 2. The SMILES string of the molecule is COc1cccc(C(NN)c2ccco2)c1F. The van der Waals surface area contributed by atoms with Crippen molar-refractivity contribution in [3.63, 3.8) is 0 Å². The van der Waals surface area contributed by atoms with Gasteiger partial charge in [-0.3, -0.25) is 5.84 Å². The van der Waals surface area contributed by atoms with Gasteiger partial charge in [-0.1, -0.05) is 12.1 Å². The lowest BCUT2D eigenvalue weighted by atomic mass is 10.0. The van der Waals surface area contributed by atoms with Gasteiger partial charge in [0, 0.05) is 5.56 Å². The van der Waals surface area contributed by atoms with Crippen molar-refractivity contribution in [3.05, 3.63) is 53.7 Å². The molecule has 2 aromatic rings. The van der Waals surface area contributed by atoms with Crippen molar-refractivity contribution < 1.29 is 13.5 Å². The molecule has 1 aromatic carbocycles. The van der Waals surface area contributed by atoms with Crippen LogP contribution in [-0.4, -0.2) is 7.11 Å².